The molecule has 2 aromatic rings. The van der Waals surface area contributed by atoms with Gasteiger partial charge in [0.2, 0.25) is 11.9 Å². The van der Waals surface area contributed by atoms with Crippen molar-refractivity contribution in [3.63, 3.8) is 0 Å². The third-order valence-electron chi connectivity index (χ3n) is 3.00. The zero-order chi connectivity index (χ0) is 17.4. The number of carbonyl (C=O) groups is 2. The minimum atomic E-state index is -3.98. The Morgan fingerprint density at radius 3 is 2.48 bits per heavy atom. The summed E-state index contributed by atoms with van der Waals surface area (Å²) in [5, 5.41) is 2.35. The number of para-hydroxylation sites is 1. The van der Waals surface area contributed by atoms with Gasteiger partial charge in [0.05, 0.1) is 11.1 Å². The Labute approximate surface area is 132 Å². The molecule has 4 N–H and O–H groups in total. The van der Waals surface area contributed by atoms with Crippen molar-refractivity contribution in [3.05, 3.63) is 23.8 Å². The quantitative estimate of drug-likeness (QED) is 0.380. The Balaban J connectivity index is 2.88. The highest BCUT2D eigenvalue weighted by Gasteiger charge is 2.26. The van der Waals surface area contributed by atoms with Crippen LogP contribution in [0.1, 0.15) is 17.3 Å². The monoisotopic (exact) mass is 340 g/mol. The average molecular weight is 340 g/mol. The summed E-state index contributed by atoms with van der Waals surface area (Å²) in [5.74, 6) is 3.79. The maximum Gasteiger partial charge on any atom is 0.310 e. The smallest absolute Gasteiger partial charge is 0.295 e. The lowest BCUT2D eigenvalue weighted by Gasteiger charge is -2.15. The number of hydrogen-bond donors (Lipinski definition) is 3. The summed E-state index contributed by atoms with van der Waals surface area (Å²) in [5.41, 5.74) is 2.30. The van der Waals surface area contributed by atoms with Crippen LogP contribution in [0.15, 0.2) is 18.2 Å². The molecule has 1 heterocycles. The molecule has 10 nitrogen and oxygen atoms in total. The first-order valence-electron chi connectivity index (χ1n) is 6.43. The Morgan fingerprint density at radius 2 is 1.96 bits per heavy atom. The molecule has 0 radical (unpaired) electrons. The van der Waals surface area contributed by atoms with Gasteiger partial charge in [-0.3, -0.25) is 20.3 Å². The Hall–Kier alpha value is -2.50. The van der Waals surface area contributed by atoms with E-state index in [9.17, 15) is 18.0 Å². The molecule has 2 amide bonds. The number of hydrogen-bond acceptors (Lipinski definition) is 6. The molecule has 0 aliphatic carbocycles. The summed E-state index contributed by atoms with van der Waals surface area (Å²) in [6.07, 6.45) is 0. The topological polar surface area (TPSA) is 139 Å². The highest BCUT2D eigenvalue weighted by atomic mass is 32.2. The number of rotatable bonds is 4. The zero-order valence-corrected chi connectivity index (χ0v) is 13.5. The molecule has 0 saturated carbocycles. The van der Waals surface area contributed by atoms with Crippen molar-refractivity contribution in [1.82, 2.24) is 18.7 Å². The Kier molecular flexibility index (Phi) is 4.36. The summed E-state index contributed by atoms with van der Waals surface area (Å²) in [7, 11) is -1.29. The first-order valence-corrected chi connectivity index (χ1v) is 7.83. The number of nitrogen functional groups attached to an aromatic ring is 1. The third-order valence-corrected chi connectivity index (χ3v) is 4.75. The third kappa shape index (κ3) is 2.88. The lowest BCUT2D eigenvalue weighted by Crippen LogP contribution is -2.30. The summed E-state index contributed by atoms with van der Waals surface area (Å²) in [6, 6.07) is 4.41. The van der Waals surface area contributed by atoms with Gasteiger partial charge in [0.1, 0.15) is 5.52 Å². The maximum atomic E-state index is 12.5. The van der Waals surface area contributed by atoms with Crippen LogP contribution in [0.5, 0.6) is 0 Å². The van der Waals surface area contributed by atoms with Crippen molar-refractivity contribution in [1.29, 1.82) is 0 Å². The number of imidazole rings is 1. The molecule has 0 atom stereocenters. The van der Waals surface area contributed by atoms with Gasteiger partial charge in [0.25, 0.3) is 5.91 Å². The number of aromatic nitrogens is 2. The first kappa shape index (κ1) is 16.9. The van der Waals surface area contributed by atoms with E-state index in [1.807, 2.05) is 5.43 Å². The SMILES string of the molecule is CC(=O)Nc1nc2c(C(=O)NN)cccc2n1S(=O)(=O)N(C)C. The molecule has 0 aliphatic rings. The highest BCUT2D eigenvalue weighted by molar-refractivity contribution is 7.87. The molecule has 0 spiro atoms. The van der Waals surface area contributed by atoms with Crippen molar-refractivity contribution < 1.29 is 18.0 Å². The molecule has 1 aromatic heterocycles. The van der Waals surface area contributed by atoms with Gasteiger partial charge in [0.15, 0.2) is 0 Å². The lowest BCUT2D eigenvalue weighted by atomic mass is 10.2. The van der Waals surface area contributed by atoms with Gasteiger partial charge < -0.3 is 0 Å². The van der Waals surface area contributed by atoms with Gasteiger partial charge in [-0.05, 0) is 12.1 Å². The van der Waals surface area contributed by atoms with E-state index in [1.165, 1.54) is 39.2 Å². The van der Waals surface area contributed by atoms with E-state index >= 15 is 0 Å². The molecule has 0 bridgehead atoms. The van der Waals surface area contributed by atoms with Gasteiger partial charge >= 0.3 is 10.2 Å². The number of benzene rings is 1. The maximum absolute atomic E-state index is 12.5. The number of nitrogens with two attached hydrogens (primary N) is 1. The summed E-state index contributed by atoms with van der Waals surface area (Å²) < 4.78 is 26.9. The van der Waals surface area contributed by atoms with Gasteiger partial charge in [-0.2, -0.15) is 16.7 Å². The van der Waals surface area contributed by atoms with Crippen LogP contribution in [0.25, 0.3) is 11.0 Å². The number of fused-ring (bicyclic) bond motifs is 1. The van der Waals surface area contributed by atoms with Crippen molar-refractivity contribution in [2.75, 3.05) is 19.4 Å². The number of hydrazine groups is 1. The van der Waals surface area contributed by atoms with Crippen molar-refractivity contribution >= 4 is 39.0 Å². The molecule has 0 unspecified atom stereocenters. The molecule has 23 heavy (non-hydrogen) atoms. The van der Waals surface area contributed by atoms with Crippen LogP contribution in [-0.2, 0) is 15.0 Å². The molecule has 0 aliphatic heterocycles. The first-order chi connectivity index (χ1) is 10.7. The van der Waals surface area contributed by atoms with Crippen LogP contribution in [0.3, 0.4) is 0 Å². The molecule has 1 aromatic carbocycles. The fraction of sp³-hybridized carbons (Fsp3) is 0.250. The molecule has 0 saturated heterocycles. The van der Waals surface area contributed by atoms with Crippen LogP contribution < -0.4 is 16.6 Å². The minimum Gasteiger partial charge on any atom is -0.295 e. The molecule has 124 valence electrons. The standard InChI is InChI=1S/C12H16N6O4S/c1-7(19)14-12-15-10-8(11(20)16-13)5-4-6-9(10)18(12)23(21,22)17(2)3/h4-6H,13H2,1-3H3,(H,16,20)(H,14,15,19). The lowest BCUT2D eigenvalue weighted by molar-refractivity contribution is -0.114. The fourth-order valence-electron chi connectivity index (χ4n) is 1.97. The zero-order valence-electron chi connectivity index (χ0n) is 12.7. The molecular formula is C12H16N6O4S. The van der Waals surface area contributed by atoms with Crippen LogP contribution in [0.4, 0.5) is 5.95 Å². The van der Waals surface area contributed by atoms with E-state index in [0.29, 0.717) is 0 Å². The van der Waals surface area contributed by atoms with Crippen LogP contribution >= 0.6 is 0 Å². The number of anilines is 1. The van der Waals surface area contributed by atoms with Crippen LogP contribution in [-0.4, -0.2) is 47.6 Å². The van der Waals surface area contributed by atoms with Crippen molar-refractivity contribution in [2.24, 2.45) is 5.84 Å². The minimum absolute atomic E-state index is 0.0873. The van der Waals surface area contributed by atoms with Crippen molar-refractivity contribution in [3.8, 4) is 0 Å². The normalized spacial score (nSPS) is 11.7. The average Bonchev–Trinajstić information content (AvgIpc) is 2.83. The summed E-state index contributed by atoms with van der Waals surface area (Å²) >= 11 is 0. The van der Waals surface area contributed by atoms with Gasteiger partial charge in [-0.25, -0.2) is 10.8 Å². The fourth-order valence-corrected chi connectivity index (χ4v) is 3.00. The number of nitrogens with zero attached hydrogens (tertiary/aromatic N) is 3. The van der Waals surface area contributed by atoms with E-state index in [4.69, 9.17) is 5.84 Å². The van der Waals surface area contributed by atoms with Crippen LogP contribution in [0, 0.1) is 0 Å². The number of carbonyl (C=O) groups excluding carboxylic acids is 2. The Bertz CT molecular complexity index is 886. The molecule has 2 rings (SSSR count). The second kappa shape index (κ2) is 5.95. The second-order valence-corrected chi connectivity index (χ2v) is 6.81. The largest absolute Gasteiger partial charge is 0.310 e. The van der Waals surface area contributed by atoms with E-state index in [1.54, 1.807) is 0 Å². The van der Waals surface area contributed by atoms with E-state index < -0.39 is 22.0 Å². The summed E-state index contributed by atoms with van der Waals surface area (Å²) in [6.45, 7) is 1.22. The van der Waals surface area contributed by atoms with Crippen LogP contribution in [0.2, 0.25) is 0 Å². The second-order valence-electron chi connectivity index (χ2n) is 4.82. The van der Waals surface area contributed by atoms with Crippen molar-refractivity contribution in [2.45, 2.75) is 6.92 Å². The van der Waals surface area contributed by atoms with Gasteiger partial charge in [-0.15, -0.1) is 0 Å². The van der Waals surface area contributed by atoms with Gasteiger partial charge in [-0.1, -0.05) is 6.07 Å². The predicted octanol–water partition coefficient (Wildman–Crippen LogP) is -0.747. The number of amides is 2. The van der Waals surface area contributed by atoms with Gasteiger partial charge in [0, 0.05) is 21.0 Å². The highest BCUT2D eigenvalue weighted by Crippen LogP contribution is 2.25. The predicted molar refractivity (Wildman–Crippen MR) is 83.7 cm³/mol. The molecular weight excluding hydrogens is 324 g/mol. The number of nitrogens with one attached hydrogen (secondary N) is 2. The molecule has 11 heteroatoms. The van der Waals surface area contributed by atoms with E-state index in [2.05, 4.69) is 10.3 Å². The van der Waals surface area contributed by atoms with E-state index in [-0.39, 0.29) is 22.5 Å². The molecule has 0 fully saturated rings. The summed E-state index contributed by atoms with van der Waals surface area (Å²) in [4.78, 5) is 27.2. The Morgan fingerprint density at radius 1 is 1.30 bits per heavy atom. The van der Waals surface area contributed by atoms with E-state index in [0.717, 1.165) is 8.28 Å².